The zero-order chi connectivity index (χ0) is 21.4. The molecule has 0 radical (unpaired) electrons. The number of ether oxygens (including phenoxy) is 2. The van der Waals surface area contributed by atoms with Gasteiger partial charge in [0.25, 0.3) is 5.56 Å². The third kappa shape index (κ3) is 6.49. The first-order valence-electron chi connectivity index (χ1n) is 8.56. The maximum Gasteiger partial charge on any atom is 0.423 e. The van der Waals surface area contributed by atoms with Gasteiger partial charge in [-0.3, -0.25) is 4.79 Å². The number of hydrogen-bond donors (Lipinski definition) is 2. The number of benzene rings is 1. The number of carboxylic acid groups (broad SMARTS) is 1. The van der Waals surface area contributed by atoms with Crippen molar-refractivity contribution in [2.75, 3.05) is 32.2 Å². The predicted octanol–water partition coefficient (Wildman–Crippen LogP) is 2.22. The summed E-state index contributed by atoms with van der Waals surface area (Å²) in [4.78, 5) is 22.7. The third-order valence-corrected chi connectivity index (χ3v) is 3.83. The van der Waals surface area contributed by atoms with Crippen molar-refractivity contribution >= 4 is 11.7 Å². The highest BCUT2D eigenvalue weighted by atomic mass is 19.4. The van der Waals surface area contributed by atoms with Gasteiger partial charge in [0.2, 0.25) is 0 Å². The fourth-order valence-corrected chi connectivity index (χ4v) is 2.47. The summed E-state index contributed by atoms with van der Waals surface area (Å²) in [6.45, 7) is -0.527. The van der Waals surface area contributed by atoms with Gasteiger partial charge in [0.1, 0.15) is 17.9 Å². The van der Waals surface area contributed by atoms with Gasteiger partial charge in [-0.05, 0) is 24.1 Å². The molecule has 0 atom stereocenters. The van der Waals surface area contributed by atoms with Gasteiger partial charge in [-0.25, -0.2) is 9.48 Å². The normalized spacial score (nSPS) is 11.3. The van der Waals surface area contributed by atoms with E-state index >= 15 is 0 Å². The standard InChI is InChI=1S/C18H20F3N3O5/c1-28-13-5-3-12(4-6-13)10-24-17(27)16(18(19,20)21)14(9-23-24)22-7-2-8-29-11-15(25)26/h3-6,9,22H,2,7-8,10-11H2,1H3,(H,25,26). The first-order valence-corrected chi connectivity index (χ1v) is 8.56. The Morgan fingerprint density at radius 3 is 2.55 bits per heavy atom. The number of rotatable bonds is 10. The second kappa shape index (κ2) is 9.92. The van der Waals surface area contributed by atoms with Crippen LogP contribution < -0.4 is 15.6 Å². The largest absolute Gasteiger partial charge is 0.497 e. The van der Waals surface area contributed by atoms with Crippen LogP contribution in [0.5, 0.6) is 5.75 Å². The Bertz CT molecular complexity index is 882. The lowest BCUT2D eigenvalue weighted by atomic mass is 10.2. The molecule has 0 saturated heterocycles. The molecular weight excluding hydrogens is 395 g/mol. The van der Waals surface area contributed by atoms with Crippen LogP contribution in [-0.4, -0.2) is 47.7 Å². The van der Waals surface area contributed by atoms with E-state index in [1.165, 1.54) is 7.11 Å². The quantitative estimate of drug-likeness (QED) is 0.574. The number of methoxy groups -OCH3 is 1. The molecular formula is C18H20F3N3O5. The van der Waals surface area contributed by atoms with Crippen LogP contribution in [0.1, 0.15) is 17.5 Å². The first-order chi connectivity index (χ1) is 13.7. The molecule has 8 nitrogen and oxygen atoms in total. The number of carbonyl (C=O) groups is 1. The number of halogens is 3. The minimum absolute atomic E-state index is 0.0443. The number of aromatic nitrogens is 2. The van der Waals surface area contributed by atoms with Crippen LogP contribution in [0.15, 0.2) is 35.3 Å². The first kappa shape index (κ1) is 22.2. The maximum absolute atomic E-state index is 13.5. The summed E-state index contributed by atoms with van der Waals surface area (Å²) in [6, 6.07) is 6.52. The minimum atomic E-state index is -4.87. The predicted molar refractivity (Wildman–Crippen MR) is 97.2 cm³/mol. The lowest BCUT2D eigenvalue weighted by Crippen LogP contribution is -2.32. The molecule has 0 spiro atoms. The monoisotopic (exact) mass is 415 g/mol. The van der Waals surface area contributed by atoms with E-state index in [1.807, 2.05) is 0 Å². The SMILES string of the molecule is COc1ccc(Cn2ncc(NCCCOCC(=O)O)c(C(F)(F)F)c2=O)cc1. The van der Waals surface area contributed by atoms with E-state index in [0.717, 1.165) is 10.9 Å². The van der Waals surface area contributed by atoms with Crippen LogP contribution in [-0.2, 0) is 22.3 Å². The summed E-state index contributed by atoms with van der Waals surface area (Å²) < 4.78 is 50.9. The summed E-state index contributed by atoms with van der Waals surface area (Å²) in [5.74, 6) is -0.557. The lowest BCUT2D eigenvalue weighted by molar-refractivity contribution is -0.142. The molecule has 0 unspecified atom stereocenters. The summed E-state index contributed by atoms with van der Waals surface area (Å²) in [5.41, 5.74) is -2.45. The van der Waals surface area contributed by atoms with Crippen molar-refractivity contribution in [2.45, 2.75) is 19.1 Å². The summed E-state index contributed by atoms with van der Waals surface area (Å²) in [6.07, 6.45) is -3.67. The van der Waals surface area contributed by atoms with Gasteiger partial charge in [-0.15, -0.1) is 0 Å². The van der Waals surface area contributed by atoms with Gasteiger partial charge < -0.3 is 19.9 Å². The Morgan fingerprint density at radius 2 is 1.97 bits per heavy atom. The Hall–Kier alpha value is -3.08. The third-order valence-electron chi connectivity index (χ3n) is 3.83. The lowest BCUT2D eigenvalue weighted by Gasteiger charge is -2.15. The summed E-state index contributed by atoms with van der Waals surface area (Å²) >= 11 is 0. The highest BCUT2D eigenvalue weighted by molar-refractivity contribution is 5.67. The minimum Gasteiger partial charge on any atom is -0.497 e. The molecule has 0 saturated carbocycles. The van der Waals surface area contributed by atoms with Gasteiger partial charge in [0.15, 0.2) is 0 Å². The molecule has 0 bridgehead atoms. The molecule has 2 N–H and O–H groups in total. The number of alkyl halides is 3. The van der Waals surface area contributed by atoms with Gasteiger partial charge in [0, 0.05) is 13.2 Å². The van der Waals surface area contributed by atoms with Crippen LogP contribution in [0.4, 0.5) is 18.9 Å². The average molecular weight is 415 g/mol. The number of carboxylic acids is 1. The van der Waals surface area contributed by atoms with E-state index < -0.39 is 35.6 Å². The second-order valence-electron chi connectivity index (χ2n) is 5.97. The number of nitrogens with one attached hydrogen (secondary N) is 1. The van der Waals surface area contributed by atoms with Gasteiger partial charge in [0.05, 0.1) is 25.5 Å². The second-order valence-corrected chi connectivity index (χ2v) is 5.97. The smallest absolute Gasteiger partial charge is 0.423 e. The molecule has 29 heavy (non-hydrogen) atoms. The van der Waals surface area contributed by atoms with Crippen molar-refractivity contribution in [1.82, 2.24) is 9.78 Å². The molecule has 0 amide bonds. The van der Waals surface area contributed by atoms with Crippen molar-refractivity contribution < 1.29 is 32.5 Å². The topological polar surface area (TPSA) is 103 Å². The van der Waals surface area contributed by atoms with E-state index in [2.05, 4.69) is 10.4 Å². The van der Waals surface area contributed by atoms with Crippen LogP contribution in [0.25, 0.3) is 0 Å². The summed E-state index contributed by atoms with van der Waals surface area (Å²) in [5, 5.41) is 14.8. The van der Waals surface area contributed by atoms with Crippen LogP contribution in [0, 0.1) is 0 Å². The number of aliphatic carboxylic acids is 1. The average Bonchev–Trinajstić information content (AvgIpc) is 2.66. The molecule has 1 aromatic carbocycles. The van der Waals surface area contributed by atoms with Gasteiger partial charge in [-0.1, -0.05) is 12.1 Å². The molecule has 1 aromatic heterocycles. The van der Waals surface area contributed by atoms with Crippen molar-refractivity contribution in [1.29, 1.82) is 0 Å². The molecule has 0 aliphatic heterocycles. The Balaban J connectivity index is 2.13. The molecule has 11 heteroatoms. The maximum atomic E-state index is 13.5. The molecule has 0 aliphatic carbocycles. The van der Waals surface area contributed by atoms with E-state index in [4.69, 9.17) is 14.6 Å². The fourth-order valence-electron chi connectivity index (χ4n) is 2.47. The number of anilines is 1. The van der Waals surface area contributed by atoms with E-state index in [0.29, 0.717) is 11.3 Å². The van der Waals surface area contributed by atoms with Crippen molar-refractivity contribution in [3.63, 3.8) is 0 Å². The van der Waals surface area contributed by atoms with Gasteiger partial charge >= 0.3 is 12.1 Å². The van der Waals surface area contributed by atoms with E-state index in [1.54, 1.807) is 24.3 Å². The highest BCUT2D eigenvalue weighted by Gasteiger charge is 2.38. The Labute approximate surface area is 163 Å². The van der Waals surface area contributed by atoms with Crippen LogP contribution in [0.3, 0.4) is 0 Å². The van der Waals surface area contributed by atoms with Gasteiger partial charge in [-0.2, -0.15) is 18.3 Å². The molecule has 0 aliphatic rings. The molecule has 2 aromatic rings. The number of nitrogens with zero attached hydrogens (tertiary/aromatic N) is 2. The highest BCUT2D eigenvalue weighted by Crippen LogP contribution is 2.31. The molecule has 2 rings (SSSR count). The van der Waals surface area contributed by atoms with Crippen molar-refractivity contribution in [3.05, 3.63) is 51.9 Å². The van der Waals surface area contributed by atoms with Crippen molar-refractivity contribution in [3.8, 4) is 5.75 Å². The van der Waals surface area contributed by atoms with Crippen LogP contribution in [0.2, 0.25) is 0 Å². The zero-order valence-corrected chi connectivity index (χ0v) is 15.5. The molecule has 1 heterocycles. The molecule has 158 valence electrons. The summed E-state index contributed by atoms with van der Waals surface area (Å²) in [7, 11) is 1.49. The van der Waals surface area contributed by atoms with Crippen LogP contribution >= 0.6 is 0 Å². The van der Waals surface area contributed by atoms with Crippen molar-refractivity contribution in [2.24, 2.45) is 0 Å². The Morgan fingerprint density at radius 1 is 1.28 bits per heavy atom. The zero-order valence-electron chi connectivity index (χ0n) is 15.5. The fraction of sp³-hybridized carbons (Fsp3) is 0.389. The Kier molecular flexibility index (Phi) is 7.59. The molecule has 0 fully saturated rings. The van der Waals surface area contributed by atoms with E-state index in [-0.39, 0.29) is 26.1 Å². The number of hydrogen-bond acceptors (Lipinski definition) is 6. The van der Waals surface area contributed by atoms with E-state index in [9.17, 15) is 22.8 Å².